The first-order chi connectivity index (χ1) is 9.09. The monoisotopic (exact) mass is 257 g/mol. The lowest BCUT2D eigenvalue weighted by molar-refractivity contribution is -0.120. The third-order valence-corrected chi connectivity index (χ3v) is 4.81. The number of amides is 1. The second kappa shape index (κ2) is 4.66. The van der Waals surface area contributed by atoms with Crippen LogP contribution in [0.15, 0.2) is 24.3 Å². The maximum absolute atomic E-state index is 11.6. The minimum absolute atomic E-state index is 0.0285. The van der Waals surface area contributed by atoms with Gasteiger partial charge in [0.1, 0.15) is 0 Å². The van der Waals surface area contributed by atoms with Crippen molar-refractivity contribution in [2.45, 2.75) is 57.4 Å². The summed E-state index contributed by atoms with van der Waals surface area (Å²) in [7, 11) is 0. The molecule has 1 saturated heterocycles. The van der Waals surface area contributed by atoms with Gasteiger partial charge in [0.15, 0.2) is 0 Å². The fourth-order valence-electron chi connectivity index (χ4n) is 3.25. The minimum atomic E-state index is -0.0285. The average Bonchev–Trinajstić information content (AvgIpc) is 3.15. The highest BCUT2D eigenvalue weighted by Gasteiger charge is 2.40. The highest BCUT2D eigenvalue weighted by Crippen LogP contribution is 2.41. The van der Waals surface area contributed by atoms with E-state index in [0.717, 1.165) is 18.8 Å². The van der Waals surface area contributed by atoms with Gasteiger partial charge in [0.05, 0.1) is 0 Å². The fraction of sp³-hybridized carbons (Fsp3) is 0.588. The van der Waals surface area contributed by atoms with E-state index in [1.165, 1.54) is 24.0 Å². The third-order valence-electron chi connectivity index (χ3n) is 4.81. The Morgan fingerprint density at radius 2 is 2.16 bits per heavy atom. The quantitative estimate of drug-likeness (QED) is 0.880. The molecule has 1 saturated carbocycles. The van der Waals surface area contributed by atoms with Crippen molar-refractivity contribution in [3.8, 4) is 0 Å². The van der Waals surface area contributed by atoms with Crippen molar-refractivity contribution in [3.05, 3.63) is 35.4 Å². The first kappa shape index (κ1) is 12.7. The van der Waals surface area contributed by atoms with E-state index < -0.39 is 0 Å². The Labute approximate surface area is 115 Å². The van der Waals surface area contributed by atoms with Crippen LogP contribution in [0.4, 0.5) is 0 Å². The molecule has 0 spiro atoms. The van der Waals surface area contributed by atoms with Crippen LogP contribution < -0.4 is 5.32 Å². The summed E-state index contributed by atoms with van der Waals surface area (Å²) in [5.74, 6) is 1.49. The summed E-state index contributed by atoms with van der Waals surface area (Å²) in [5.41, 5.74) is 2.83. The molecule has 2 fully saturated rings. The predicted molar refractivity (Wildman–Crippen MR) is 77.1 cm³/mol. The van der Waals surface area contributed by atoms with Crippen LogP contribution >= 0.6 is 0 Å². The molecule has 2 aliphatic rings. The van der Waals surface area contributed by atoms with Crippen LogP contribution in [-0.4, -0.2) is 11.4 Å². The highest BCUT2D eigenvalue weighted by atomic mass is 16.2. The molecular weight excluding hydrogens is 234 g/mol. The standard InChI is InChI=1S/C17H23NO/c1-12(2)17(9-8-16(19)18-17)11-13-4-3-5-15(10-13)14-6-7-14/h3-5,10,12,14H,6-9,11H2,1-2H3,(H,18,19). The Kier molecular flexibility index (Phi) is 3.12. The first-order valence-corrected chi connectivity index (χ1v) is 7.49. The summed E-state index contributed by atoms with van der Waals surface area (Å²) in [6.07, 6.45) is 5.31. The number of hydrogen-bond acceptors (Lipinski definition) is 1. The smallest absolute Gasteiger partial charge is 0.220 e. The number of carbonyl (C=O) groups excluding carboxylic acids is 1. The normalized spacial score (nSPS) is 26.8. The molecule has 19 heavy (non-hydrogen) atoms. The summed E-state index contributed by atoms with van der Waals surface area (Å²) in [6.45, 7) is 4.44. The molecule has 1 aromatic rings. The van der Waals surface area contributed by atoms with Crippen molar-refractivity contribution in [2.24, 2.45) is 5.92 Å². The van der Waals surface area contributed by atoms with Gasteiger partial charge in [0, 0.05) is 12.0 Å². The van der Waals surface area contributed by atoms with Crippen LogP contribution in [0, 0.1) is 5.92 Å². The van der Waals surface area contributed by atoms with Crippen LogP contribution in [0.3, 0.4) is 0 Å². The van der Waals surface area contributed by atoms with Crippen LogP contribution in [-0.2, 0) is 11.2 Å². The zero-order chi connectivity index (χ0) is 13.5. The summed E-state index contributed by atoms with van der Waals surface area (Å²) in [6, 6.07) is 8.98. The van der Waals surface area contributed by atoms with Crippen molar-refractivity contribution in [1.82, 2.24) is 5.32 Å². The Balaban J connectivity index is 1.82. The van der Waals surface area contributed by atoms with Gasteiger partial charge in [0.2, 0.25) is 5.91 Å². The van der Waals surface area contributed by atoms with Gasteiger partial charge in [-0.15, -0.1) is 0 Å². The molecule has 1 aromatic carbocycles. The molecule has 2 heteroatoms. The number of rotatable bonds is 4. The second-order valence-corrected chi connectivity index (χ2v) is 6.56. The molecule has 1 amide bonds. The molecule has 1 heterocycles. The van der Waals surface area contributed by atoms with E-state index in [-0.39, 0.29) is 11.4 Å². The molecule has 2 nitrogen and oxygen atoms in total. The Bertz CT molecular complexity index is 490. The van der Waals surface area contributed by atoms with Gasteiger partial charge >= 0.3 is 0 Å². The maximum atomic E-state index is 11.6. The largest absolute Gasteiger partial charge is 0.350 e. The Morgan fingerprint density at radius 1 is 1.37 bits per heavy atom. The lowest BCUT2D eigenvalue weighted by Gasteiger charge is -2.33. The lowest BCUT2D eigenvalue weighted by atomic mass is 9.79. The van der Waals surface area contributed by atoms with E-state index in [0.29, 0.717) is 12.3 Å². The predicted octanol–water partition coefficient (Wildman–Crippen LogP) is 3.41. The van der Waals surface area contributed by atoms with Crippen molar-refractivity contribution in [3.63, 3.8) is 0 Å². The SMILES string of the molecule is CC(C)C1(Cc2cccc(C3CC3)c2)CCC(=O)N1. The zero-order valence-corrected chi connectivity index (χ0v) is 11.9. The average molecular weight is 257 g/mol. The van der Waals surface area contributed by atoms with Crippen LogP contribution in [0.1, 0.15) is 56.6 Å². The Morgan fingerprint density at radius 3 is 2.74 bits per heavy atom. The van der Waals surface area contributed by atoms with Gasteiger partial charge < -0.3 is 5.32 Å². The van der Waals surface area contributed by atoms with Crippen LogP contribution in [0.5, 0.6) is 0 Å². The van der Waals surface area contributed by atoms with E-state index in [4.69, 9.17) is 0 Å². The van der Waals surface area contributed by atoms with E-state index in [1.807, 2.05) is 0 Å². The van der Waals surface area contributed by atoms with Gasteiger partial charge in [-0.25, -0.2) is 0 Å². The number of benzene rings is 1. The maximum Gasteiger partial charge on any atom is 0.220 e. The van der Waals surface area contributed by atoms with E-state index in [2.05, 4.69) is 43.4 Å². The van der Waals surface area contributed by atoms with E-state index in [1.54, 1.807) is 0 Å². The summed E-state index contributed by atoms with van der Waals surface area (Å²) >= 11 is 0. The summed E-state index contributed by atoms with van der Waals surface area (Å²) < 4.78 is 0. The van der Waals surface area contributed by atoms with Gasteiger partial charge in [-0.05, 0) is 48.6 Å². The molecule has 1 aliphatic carbocycles. The summed E-state index contributed by atoms with van der Waals surface area (Å²) in [4.78, 5) is 11.6. The molecule has 0 radical (unpaired) electrons. The number of hydrogen-bond donors (Lipinski definition) is 1. The van der Waals surface area contributed by atoms with E-state index in [9.17, 15) is 4.79 Å². The zero-order valence-electron chi connectivity index (χ0n) is 11.9. The molecule has 0 aromatic heterocycles. The van der Waals surface area contributed by atoms with Gasteiger partial charge in [-0.3, -0.25) is 4.79 Å². The second-order valence-electron chi connectivity index (χ2n) is 6.56. The molecule has 1 N–H and O–H groups in total. The summed E-state index contributed by atoms with van der Waals surface area (Å²) in [5, 5.41) is 3.24. The molecular formula is C17H23NO. The Hall–Kier alpha value is -1.31. The molecule has 1 aliphatic heterocycles. The van der Waals surface area contributed by atoms with Gasteiger partial charge in [-0.2, -0.15) is 0 Å². The van der Waals surface area contributed by atoms with Crippen molar-refractivity contribution >= 4 is 5.91 Å². The fourth-order valence-corrected chi connectivity index (χ4v) is 3.25. The van der Waals surface area contributed by atoms with Crippen LogP contribution in [0.2, 0.25) is 0 Å². The van der Waals surface area contributed by atoms with Crippen molar-refractivity contribution in [1.29, 1.82) is 0 Å². The highest BCUT2D eigenvalue weighted by molar-refractivity contribution is 5.79. The molecule has 3 rings (SSSR count). The topological polar surface area (TPSA) is 29.1 Å². The van der Waals surface area contributed by atoms with Gasteiger partial charge in [0.25, 0.3) is 0 Å². The number of nitrogens with one attached hydrogen (secondary N) is 1. The molecule has 102 valence electrons. The van der Waals surface area contributed by atoms with Gasteiger partial charge in [-0.1, -0.05) is 38.1 Å². The molecule has 0 bridgehead atoms. The number of carbonyl (C=O) groups is 1. The van der Waals surface area contributed by atoms with Crippen molar-refractivity contribution in [2.75, 3.05) is 0 Å². The minimum Gasteiger partial charge on any atom is -0.350 e. The van der Waals surface area contributed by atoms with Crippen LogP contribution in [0.25, 0.3) is 0 Å². The molecule has 1 atom stereocenters. The third kappa shape index (κ3) is 2.54. The lowest BCUT2D eigenvalue weighted by Crippen LogP contribution is -2.48. The molecule has 1 unspecified atom stereocenters. The van der Waals surface area contributed by atoms with Crippen molar-refractivity contribution < 1.29 is 4.79 Å². The first-order valence-electron chi connectivity index (χ1n) is 7.49. The van der Waals surface area contributed by atoms with E-state index >= 15 is 0 Å².